The van der Waals surface area contributed by atoms with Gasteiger partial charge in [-0.1, -0.05) is 15.9 Å². The van der Waals surface area contributed by atoms with E-state index in [2.05, 4.69) is 26.0 Å². The van der Waals surface area contributed by atoms with Crippen LogP contribution >= 0.6 is 28.1 Å². The molecule has 1 amide bonds. The van der Waals surface area contributed by atoms with Gasteiger partial charge in [-0.3, -0.25) is 14.5 Å². The lowest BCUT2D eigenvalue weighted by Gasteiger charge is -2.11. The topological polar surface area (TPSA) is 105 Å². The number of carboxylic acids is 1. The zero-order chi connectivity index (χ0) is 18.6. The molecule has 0 unspecified atom stereocenters. The number of carboxylic acid groups (broad SMARTS) is 1. The Bertz CT molecular complexity index is 779. The number of nitrogens with zero attached hydrogens (tertiary/aromatic N) is 1. The van der Waals surface area contributed by atoms with Crippen molar-refractivity contribution in [2.75, 3.05) is 20.3 Å². The molecule has 2 rings (SSSR count). The fraction of sp³-hybridized carbons (Fsp3) is 0.200. The van der Waals surface area contributed by atoms with Crippen molar-refractivity contribution in [3.05, 3.63) is 33.9 Å². The Kier molecular flexibility index (Phi) is 6.10. The number of hydrogen-bond acceptors (Lipinski definition) is 6. The fourth-order valence-corrected chi connectivity index (χ4v) is 2.60. The van der Waals surface area contributed by atoms with E-state index in [1.165, 1.54) is 13.2 Å². The Labute approximate surface area is 156 Å². The Morgan fingerprint density at radius 1 is 1.44 bits per heavy atom. The van der Waals surface area contributed by atoms with Crippen molar-refractivity contribution in [2.45, 2.75) is 0 Å². The second kappa shape index (κ2) is 8.08. The van der Waals surface area contributed by atoms with E-state index in [4.69, 9.17) is 22.1 Å². The number of halogens is 1. The number of carbonyl (C=O) groups excluding carboxylic acids is 2. The van der Waals surface area contributed by atoms with Crippen molar-refractivity contribution in [2.24, 2.45) is 0 Å². The molecule has 0 aromatic heterocycles. The second-order valence-corrected chi connectivity index (χ2v) is 6.12. The van der Waals surface area contributed by atoms with Crippen LogP contribution in [0, 0.1) is 0 Å². The SMILES string of the molecule is COC(=O)CN1C(=O)/C(=C/c2cc(Br)ccc2OCC(=O)O)NC1=S. The Balaban J connectivity index is 2.29. The first kappa shape index (κ1) is 18.9. The highest BCUT2D eigenvalue weighted by molar-refractivity contribution is 9.10. The van der Waals surface area contributed by atoms with Crippen molar-refractivity contribution in [1.82, 2.24) is 10.2 Å². The fourth-order valence-electron chi connectivity index (χ4n) is 1.97. The average Bonchev–Trinajstić information content (AvgIpc) is 2.81. The lowest BCUT2D eigenvalue weighted by molar-refractivity contribution is -0.143. The average molecular weight is 429 g/mol. The molecule has 132 valence electrons. The molecule has 1 aliphatic rings. The molecule has 0 radical (unpaired) electrons. The Morgan fingerprint density at radius 2 is 2.16 bits per heavy atom. The number of hydrogen-bond donors (Lipinski definition) is 2. The molecule has 0 aliphatic carbocycles. The van der Waals surface area contributed by atoms with Gasteiger partial charge in [-0.25, -0.2) is 4.79 Å². The number of aliphatic carboxylic acids is 1. The lowest BCUT2D eigenvalue weighted by atomic mass is 10.1. The number of nitrogens with one attached hydrogen (secondary N) is 1. The van der Waals surface area contributed by atoms with E-state index >= 15 is 0 Å². The molecule has 0 spiro atoms. The predicted octanol–water partition coefficient (Wildman–Crippen LogP) is 1.14. The number of thiocarbonyl (C=S) groups is 1. The molecule has 1 aliphatic heterocycles. The number of amides is 1. The third-order valence-corrected chi connectivity index (χ3v) is 3.92. The van der Waals surface area contributed by atoms with Crippen molar-refractivity contribution in [3.63, 3.8) is 0 Å². The summed E-state index contributed by atoms with van der Waals surface area (Å²) in [5.41, 5.74) is 0.598. The molecule has 1 heterocycles. The first-order valence-electron chi connectivity index (χ1n) is 6.87. The van der Waals surface area contributed by atoms with E-state index in [1.807, 2.05) is 0 Å². The summed E-state index contributed by atoms with van der Waals surface area (Å²) < 4.78 is 10.4. The molecule has 1 aromatic carbocycles. The van der Waals surface area contributed by atoms with Gasteiger partial charge in [0.15, 0.2) is 11.7 Å². The van der Waals surface area contributed by atoms with E-state index < -0.39 is 24.5 Å². The molecular formula is C15H13BrN2O6S. The minimum atomic E-state index is -1.12. The molecule has 1 fully saturated rings. The summed E-state index contributed by atoms with van der Waals surface area (Å²) in [6.45, 7) is -0.828. The quantitative estimate of drug-likeness (QED) is 0.394. The smallest absolute Gasteiger partial charge is 0.341 e. The summed E-state index contributed by atoms with van der Waals surface area (Å²) in [5, 5.41) is 11.5. The minimum Gasteiger partial charge on any atom is -0.481 e. The second-order valence-electron chi connectivity index (χ2n) is 4.82. The molecule has 0 atom stereocenters. The van der Waals surface area contributed by atoms with Gasteiger partial charge < -0.3 is 19.9 Å². The summed E-state index contributed by atoms with van der Waals surface area (Å²) in [4.78, 5) is 35.5. The van der Waals surface area contributed by atoms with Crippen molar-refractivity contribution < 1.29 is 29.0 Å². The monoisotopic (exact) mass is 428 g/mol. The van der Waals surface area contributed by atoms with Gasteiger partial charge in [-0.2, -0.15) is 0 Å². The van der Waals surface area contributed by atoms with Crippen LogP contribution in [0.25, 0.3) is 6.08 Å². The van der Waals surface area contributed by atoms with Crippen LogP contribution in [0.1, 0.15) is 5.56 Å². The Hall–Kier alpha value is -2.46. The molecular weight excluding hydrogens is 416 g/mol. The number of methoxy groups -OCH3 is 1. The zero-order valence-corrected chi connectivity index (χ0v) is 15.3. The zero-order valence-electron chi connectivity index (χ0n) is 12.9. The summed E-state index contributed by atoms with van der Waals surface area (Å²) in [6, 6.07) is 4.91. The van der Waals surface area contributed by atoms with Gasteiger partial charge in [0.25, 0.3) is 5.91 Å². The van der Waals surface area contributed by atoms with Crippen LogP contribution in [-0.2, 0) is 19.1 Å². The molecule has 1 aromatic rings. The summed E-state index contributed by atoms with van der Waals surface area (Å²) in [5.74, 6) is -1.95. The van der Waals surface area contributed by atoms with Crippen molar-refractivity contribution in [3.8, 4) is 5.75 Å². The van der Waals surface area contributed by atoms with Crippen LogP contribution in [0.3, 0.4) is 0 Å². The molecule has 0 bridgehead atoms. The maximum absolute atomic E-state index is 12.4. The standard InChI is InChI=1S/C15H13BrN2O6S/c1-23-13(21)6-18-14(22)10(17-15(18)25)5-8-4-9(16)2-3-11(8)24-7-12(19)20/h2-5H,6-7H2,1H3,(H,17,25)(H,19,20)/b10-5-. The minimum absolute atomic E-state index is 0.0738. The molecule has 8 nitrogen and oxygen atoms in total. The highest BCUT2D eigenvalue weighted by Gasteiger charge is 2.32. The van der Waals surface area contributed by atoms with Crippen LogP contribution in [0.15, 0.2) is 28.4 Å². The molecule has 0 saturated carbocycles. The van der Waals surface area contributed by atoms with Crippen LogP contribution in [0.4, 0.5) is 0 Å². The lowest BCUT2D eigenvalue weighted by Crippen LogP contribution is -2.35. The van der Waals surface area contributed by atoms with Gasteiger partial charge in [0.1, 0.15) is 18.0 Å². The largest absolute Gasteiger partial charge is 0.481 e. The highest BCUT2D eigenvalue weighted by atomic mass is 79.9. The van der Waals surface area contributed by atoms with Gasteiger partial charge in [-0.05, 0) is 36.5 Å². The third-order valence-electron chi connectivity index (χ3n) is 3.10. The van der Waals surface area contributed by atoms with E-state index in [0.29, 0.717) is 10.0 Å². The van der Waals surface area contributed by atoms with E-state index in [9.17, 15) is 14.4 Å². The van der Waals surface area contributed by atoms with Gasteiger partial charge in [0.2, 0.25) is 0 Å². The van der Waals surface area contributed by atoms with Crippen LogP contribution < -0.4 is 10.1 Å². The Morgan fingerprint density at radius 3 is 2.80 bits per heavy atom. The number of rotatable bonds is 6. The highest BCUT2D eigenvalue weighted by Crippen LogP contribution is 2.26. The molecule has 2 N–H and O–H groups in total. The maximum Gasteiger partial charge on any atom is 0.341 e. The number of benzene rings is 1. The van der Waals surface area contributed by atoms with Gasteiger partial charge in [0.05, 0.1) is 7.11 Å². The van der Waals surface area contributed by atoms with Gasteiger partial charge in [0, 0.05) is 10.0 Å². The van der Waals surface area contributed by atoms with Crippen LogP contribution in [-0.4, -0.2) is 53.2 Å². The molecule has 1 saturated heterocycles. The van der Waals surface area contributed by atoms with Gasteiger partial charge in [-0.15, -0.1) is 0 Å². The van der Waals surface area contributed by atoms with Crippen molar-refractivity contribution >= 4 is 57.2 Å². The first-order chi connectivity index (χ1) is 11.8. The summed E-state index contributed by atoms with van der Waals surface area (Å²) in [6.07, 6.45) is 1.47. The maximum atomic E-state index is 12.4. The molecule has 25 heavy (non-hydrogen) atoms. The van der Waals surface area contributed by atoms with E-state index in [-0.39, 0.29) is 23.1 Å². The number of ether oxygens (including phenoxy) is 2. The van der Waals surface area contributed by atoms with E-state index in [0.717, 1.165) is 4.90 Å². The predicted molar refractivity (Wildman–Crippen MR) is 94.7 cm³/mol. The summed E-state index contributed by atoms with van der Waals surface area (Å²) in [7, 11) is 1.21. The number of esters is 1. The molecule has 10 heteroatoms. The van der Waals surface area contributed by atoms with Crippen LogP contribution in [0.5, 0.6) is 5.75 Å². The van der Waals surface area contributed by atoms with Crippen molar-refractivity contribution in [1.29, 1.82) is 0 Å². The summed E-state index contributed by atoms with van der Waals surface area (Å²) >= 11 is 8.35. The van der Waals surface area contributed by atoms with E-state index in [1.54, 1.807) is 18.2 Å². The first-order valence-corrected chi connectivity index (χ1v) is 8.07. The number of carbonyl (C=O) groups is 3. The third kappa shape index (κ3) is 4.77. The normalized spacial score (nSPS) is 15.3. The van der Waals surface area contributed by atoms with Crippen LogP contribution in [0.2, 0.25) is 0 Å². The van der Waals surface area contributed by atoms with Gasteiger partial charge >= 0.3 is 11.9 Å².